The molecule has 1 saturated heterocycles. The van der Waals surface area contributed by atoms with E-state index in [4.69, 9.17) is 14.7 Å². The van der Waals surface area contributed by atoms with E-state index in [1.54, 1.807) is 7.11 Å². The quantitative estimate of drug-likeness (QED) is 0.698. The third kappa shape index (κ3) is 4.25. The van der Waals surface area contributed by atoms with Gasteiger partial charge in [-0.3, -0.25) is 14.6 Å². The number of ether oxygens (including phenoxy) is 1. The van der Waals surface area contributed by atoms with Gasteiger partial charge in [0.2, 0.25) is 5.91 Å². The fourth-order valence-corrected chi connectivity index (χ4v) is 5.72. The molecule has 0 spiro atoms. The second kappa shape index (κ2) is 9.18. The number of likely N-dealkylation sites (tertiary alicyclic amines) is 1. The Hall–Kier alpha value is -2.47. The number of aryl methyl sites for hydroxylation is 1. The van der Waals surface area contributed by atoms with E-state index in [0.29, 0.717) is 18.9 Å². The van der Waals surface area contributed by atoms with Crippen molar-refractivity contribution in [1.82, 2.24) is 14.9 Å². The van der Waals surface area contributed by atoms with Gasteiger partial charge in [0.1, 0.15) is 17.4 Å². The lowest BCUT2D eigenvalue weighted by Gasteiger charge is -2.37. The van der Waals surface area contributed by atoms with E-state index in [2.05, 4.69) is 11.8 Å². The maximum absolute atomic E-state index is 13.0. The van der Waals surface area contributed by atoms with Gasteiger partial charge in [0, 0.05) is 36.2 Å². The van der Waals surface area contributed by atoms with Crippen LogP contribution in [0.4, 0.5) is 5.82 Å². The first-order valence-electron chi connectivity index (χ1n) is 12.2. The highest BCUT2D eigenvalue weighted by Crippen LogP contribution is 2.35. The van der Waals surface area contributed by atoms with Crippen LogP contribution in [0.2, 0.25) is 0 Å². The van der Waals surface area contributed by atoms with Gasteiger partial charge in [-0.05, 0) is 63.3 Å². The zero-order chi connectivity index (χ0) is 22.1. The summed E-state index contributed by atoms with van der Waals surface area (Å²) in [4.78, 5) is 27.5. The molecule has 6 heteroatoms. The van der Waals surface area contributed by atoms with Gasteiger partial charge in [-0.2, -0.15) is 0 Å². The molecule has 32 heavy (non-hydrogen) atoms. The first-order valence-corrected chi connectivity index (χ1v) is 12.2. The average Bonchev–Trinajstić information content (AvgIpc) is 3.36. The van der Waals surface area contributed by atoms with Gasteiger partial charge in [0.05, 0.1) is 13.7 Å². The molecule has 2 aliphatic heterocycles. The summed E-state index contributed by atoms with van der Waals surface area (Å²) >= 11 is 0. The van der Waals surface area contributed by atoms with E-state index in [-0.39, 0.29) is 5.91 Å². The van der Waals surface area contributed by atoms with E-state index in [9.17, 15) is 4.79 Å². The number of methoxy groups -OCH3 is 1. The lowest BCUT2D eigenvalue weighted by Crippen LogP contribution is -2.41. The molecule has 0 N–H and O–H groups in total. The van der Waals surface area contributed by atoms with E-state index in [1.807, 2.05) is 29.2 Å². The smallest absolute Gasteiger partial charge is 0.228 e. The summed E-state index contributed by atoms with van der Waals surface area (Å²) in [6, 6.07) is 8.68. The Bertz CT molecular complexity index is 986. The number of amides is 1. The van der Waals surface area contributed by atoms with Crippen molar-refractivity contribution in [3.63, 3.8) is 0 Å². The molecule has 6 nitrogen and oxygen atoms in total. The number of piperidine rings is 1. The first-order chi connectivity index (χ1) is 15.6. The predicted molar refractivity (Wildman–Crippen MR) is 125 cm³/mol. The molecule has 3 aliphatic rings. The molecule has 0 bridgehead atoms. The molecule has 170 valence electrons. The Kier molecular flexibility index (Phi) is 6.13. The molecule has 1 saturated carbocycles. The zero-order valence-electron chi connectivity index (χ0n) is 19.3. The number of rotatable bonds is 5. The van der Waals surface area contributed by atoms with Crippen molar-refractivity contribution < 1.29 is 9.53 Å². The molecule has 2 fully saturated rings. The number of carbonyl (C=O) groups excluding carboxylic acids is 1. The number of carbonyl (C=O) groups is 1. The van der Waals surface area contributed by atoms with Crippen LogP contribution in [0.5, 0.6) is 5.75 Å². The minimum absolute atomic E-state index is 0.139. The molecule has 0 radical (unpaired) electrons. The third-order valence-electron chi connectivity index (χ3n) is 7.49. The molecule has 1 amide bonds. The summed E-state index contributed by atoms with van der Waals surface area (Å²) in [5.41, 5.74) is 3.21. The summed E-state index contributed by atoms with van der Waals surface area (Å²) in [6.07, 6.45) is 8.97. The highest BCUT2D eigenvalue weighted by molar-refractivity contribution is 5.95. The summed E-state index contributed by atoms with van der Waals surface area (Å²) in [7, 11) is 1.67. The van der Waals surface area contributed by atoms with Gasteiger partial charge >= 0.3 is 0 Å². The summed E-state index contributed by atoms with van der Waals surface area (Å²) < 4.78 is 5.38. The van der Waals surface area contributed by atoms with Crippen LogP contribution in [0.15, 0.2) is 24.3 Å². The normalized spacial score (nSPS) is 22.2. The first kappa shape index (κ1) is 21.4. The minimum Gasteiger partial charge on any atom is -0.497 e. The Labute approximate surface area is 191 Å². The molecule has 1 aliphatic carbocycles. The number of benzene rings is 1. The van der Waals surface area contributed by atoms with Gasteiger partial charge in [-0.1, -0.05) is 25.0 Å². The molecular weight excluding hydrogens is 400 g/mol. The lowest BCUT2D eigenvalue weighted by atomic mass is 9.94. The number of hydrogen-bond donors (Lipinski definition) is 0. The lowest BCUT2D eigenvalue weighted by molar-refractivity contribution is -0.119. The fourth-order valence-electron chi connectivity index (χ4n) is 5.72. The van der Waals surface area contributed by atoms with Crippen LogP contribution in [0.25, 0.3) is 0 Å². The topological polar surface area (TPSA) is 58.6 Å². The molecule has 1 aromatic carbocycles. The van der Waals surface area contributed by atoms with E-state index >= 15 is 0 Å². The second-order valence-electron chi connectivity index (χ2n) is 9.57. The van der Waals surface area contributed by atoms with Crippen LogP contribution in [0.3, 0.4) is 0 Å². The van der Waals surface area contributed by atoms with Crippen LogP contribution in [0.1, 0.15) is 73.5 Å². The number of nitrogens with zero attached hydrogens (tertiary/aromatic N) is 4. The van der Waals surface area contributed by atoms with Crippen molar-refractivity contribution in [2.45, 2.75) is 76.8 Å². The summed E-state index contributed by atoms with van der Waals surface area (Å²) in [5.74, 6) is 3.05. The van der Waals surface area contributed by atoms with Crippen LogP contribution in [-0.4, -0.2) is 47.0 Å². The fraction of sp³-hybridized carbons (Fsp3) is 0.577. The maximum Gasteiger partial charge on any atom is 0.228 e. The minimum atomic E-state index is 0.139. The van der Waals surface area contributed by atoms with Crippen LogP contribution >= 0.6 is 0 Å². The molecule has 3 heterocycles. The number of aromatic nitrogens is 2. The SMILES string of the molecule is COc1cccc(CN2C(=O)CCc3c(C)nc(C4CCCN(C5CCCC5)C4)nc32)c1. The summed E-state index contributed by atoms with van der Waals surface area (Å²) in [5, 5.41) is 0. The van der Waals surface area contributed by atoms with Gasteiger partial charge in [0.15, 0.2) is 0 Å². The van der Waals surface area contributed by atoms with Crippen LogP contribution in [0, 0.1) is 6.92 Å². The van der Waals surface area contributed by atoms with Gasteiger partial charge < -0.3 is 4.74 Å². The molecular formula is C26H34N4O2. The molecule has 1 atom stereocenters. The Balaban J connectivity index is 1.43. The Morgan fingerprint density at radius 3 is 2.75 bits per heavy atom. The maximum atomic E-state index is 13.0. The van der Waals surface area contributed by atoms with Crippen molar-refractivity contribution in [2.75, 3.05) is 25.1 Å². The van der Waals surface area contributed by atoms with Crippen molar-refractivity contribution in [3.05, 3.63) is 46.9 Å². The largest absolute Gasteiger partial charge is 0.497 e. The number of anilines is 1. The Morgan fingerprint density at radius 2 is 1.94 bits per heavy atom. The van der Waals surface area contributed by atoms with Gasteiger partial charge in [0.25, 0.3) is 0 Å². The monoisotopic (exact) mass is 434 g/mol. The molecule has 1 unspecified atom stereocenters. The molecule has 1 aromatic heterocycles. The Morgan fingerprint density at radius 1 is 1.09 bits per heavy atom. The molecule has 2 aromatic rings. The van der Waals surface area contributed by atoms with Crippen molar-refractivity contribution >= 4 is 11.7 Å². The average molecular weight is 435 g/mol. The second-order valence-corrected chi connectivity index (χ2v) is 9.57. The van der Waals surface area contributed by atoms with E-state index in [1.165, 1.54) is 38.6 Å². The van der Waals surface area contributed by atoms with Crippen molar-refractivity contribution in [2.24, 2.45) is 0 Å². The molecule has 5 rings (SSSR count). The summed E-state index contributed by atoms with van der Waals surface area (Å²) in [6.45, 7) is 4.84. The van der Waals surface area contributed by atoms with Crippen molar-refractivity contribution in [3.8, 4) is 5.75 Å². The predicted octanol–water partition coefficient (Wildman–Crippen LogP) is 4.40. The van der Waals surface area contributed by atoms with Gasteiger partial charge in [-0.15, -0.1) is 0 Å². The van der Waals surface area contributed by atoms with Crippen LogP contribution in [-0.2, 0) is 17.8 Å². The van der Waals surface area contributed by atoms with E-state index in [0.717, 1.165) is 59.6 Å². The van der Waals surface area contributed by atoms with Crippen molar-refractivity contribution in [1.29, 1.82) is 0 Å². The standard InChI is InChI=1S/C26H34N4O2/c1-18-23-12-13-24(31)30(16-19-7-5-11-22(15-19)32-2)26(23)28-25(27-18)20-8-6-14-29(17-20)21-9-3-4-10-21/h5,7,11,15,20-21H,3-4,6,8-10,12-14,16-17H2,1-2H3. The highest BCUT2D eigenvalue weighted by atomic mass is 16.5. The van der Waals surface area contributed by atoms with Crippen LogP contribution < -0.4 is 9.64 Å². The highest BCUT2D eigenvalue weighted by Gasteiger charge is 2.33. The van der Waals surface area contributed by atoms with Gasteiger partial charge in [-0.25, -0.2) is 9.97 Å². The number of hydrogen-bond acceptors (Lipinski definition) is 5. The van der Waals surface area contributed by atoms with E-state index < -0.39 is 0 Å². The zero-order valence-corrected chi connectivity index (χ0v) is 19.3. The third-order valence-corrected chi connectivity index (χ3v) is 7.49. The number of fused-ring (bicyclic) bond motifs is 1.